The first kappa shape index (κ1) is 10.3. The van der Waals surface area contributed by atoms with E-state index >= 15 is 0 Å². The predicted octanol–water partition coefficient (Wildman–Crippen LogP) is 4.46. The van der Waals surface area contributed by atoms with Gasteiger partial charge in [-0.2, -0.15) is 0 Å². The van der Waals surface area contributed by atoms with Gasteiger partial charge in [0, 0.05) is 5.02 Å². The van der Waals surface area contributed by atoms with Crippen LogP contribution >= 0.6 is 11.6 Å². The van der Waals surface area contributed by atoms with Gasteiger partial charge in [0.15, 0.2) is 0 Å². The molecule has 0 radical (unpaired) electrons. The molecule has 0 aliphatic rings. The Bertz CT molecular complexity index is 324. The number of allylic oxidation sites excluding steroid dienone is 2. The summed E-state index contributed by atoms with van der Waals surface area (Å²) in [5.74, 6) is 0. The molecule has 0 saturated carbocycles. The third-order valence-corrected chi connectivity index (χ3v) is 2.68. The fourth-order valence-electron chi connectivity index (χ4n) is 1.42. The summed E-state index contributed by atoms with van der Waals surface area (Å²) in [5.41, 5.74) is 3.80. The zero-order chi connectivity index (χ0) is 9.84. The van der Waals surface area contributed by atoms with Gasteiger partial charge >= 0.3 is 0 Å². The summed E-state index contributed by atoms with van der Waals surface area (Å²) in [7, 11) is 0. The maximum Gasteiger partial charge on any atom is 0.0435 e. The van der Waals surface area contributed by atoms with Crippen molar-refractivity contribution in [3.63, 3.8) is 0 Å². The van der Waals surface area contributed by atoms with Gasteiger partial charge in [-0.25, -0.2) is 0 Å². The summed E-state index contributed by atoms with van der Waals surface area (Å²) in [5, 5.41) is 0.843. The summed E-state index contributed by atoms with van der Waals surface area (Å²) in [6.45, 7) is 6.27. The van der Waals surface area contributed by atoms with Gasteiger partial charge in [0.2, 0.25) is 0 Å². The highest BCUT2D eigenvalue weighted by Gasteiger charge is 2.00. The first-order valence-electron chi connectivity index (χ1n) is 4.60. The molecule has 0 heterocycles. The van der Waals surface area contributed by atoms with Crippen LogP contribution in [0, 0.1) is 6.92 Å². The quantitative estimate of drug-likeness (QED) is 0.652. The summed E-state index contributed by atoms with van der Waals surface area (Å²) in [4.78, 5) is 0. The highest BCUT2D eigenvalue weighted by atomic mass is 35.5. The Balaban J connectivity index is 3.10. The number of benzene rings is 1. The molecule has 1 rings (SSSR count). The molecule has 1 aromatic carbocycles. The average molecular weight is 195 g/mol. The number of rotatable bonds is 2. The Hall–Kier alpha value is -0.750. The minimum absolute atomic E-state index is 0.843. The Morgan fingerprint density at radius 1 is 1.46 bits per heavy atom. The van der Waals surface area contributed by atoms with Crippen molar-refractivity contribution < 1.29 is 0 Å². The topological polar surface area (TPSA) is 0 Å². The summed E-state index contributed by atoms with van der Waals surface area (Å²) < 4.78 is 0. The average Bonchev–Trinajstić information content (AvgIpc) is 2.13. The van der Waals surface area contributed by atoms with Crippen LogP contribution in [0.25, 0.3) is 5.57 Å². The standard InChI is InChI=1S/C12H15Cl/c1-4-10(5-2)11-6-7-12(13)9(3)8-11/h4,6-8H,5H2,1-3H3/b10-4+. The van der Waals surface area contributed by atoms with Crippen LogP contribution < -0.4 is 0 Å². The van der Waals surface area contributed by atoms with Crippen molar-refractivity contribution in [1.82, 2.24) is 0 Å². The molecule has 70 valence electrons. The number of hydrogen-bond donors (Lipinski definition) is 0. The largest absolute Gasteiger partial charge is 0.0841 e. The summed E-state index contributed by atoms with van der Waals surface area (Å²) in [6, 6.07) is 6.18. The van der Waals surface area contributed by atoms with Crippen molar-refractivity contribution in [2.45, 2.75) is 27.2 Å². The van der Waals surface area contributed by atoms with E-state index in [1.165, 1.54) is 11.1 Å². The third kappa shape index (κ3) is 2.35. The second-order valence-electron chi connectivity index (χ2n) is 3.13. The SMILES string of the molecule is C/C=C(\CC)c1ccc(Cl)c(C)c1. The molecule has 0 atom stereocenters. The lowest BCUT2D eigenvalue weighted by molar-refractivity contribution is 1.23. The van der Waals surface area contributed by atoms with Gasteiger partial charge in [0.25, 0.3) is 0 Å². The van der Waals surface area contributed by atoms with Crippen molar-refractivity contribution in [2.24, 2.45) is 0 Å². The molecular weight excluding hydrogens is 180 g/mol. The molecule has 0 amide bonds. The molecule has 0 bridgehead atoms. The third-order valence-electron chi connectivity index (χ3n) is 2.26. The number of halogens is 1. The zero-order valence-electron chi connectivity index (χ0n) is 8.39. The molecule has 0 aliphatic carbocycles. The lowest BCUT2D eigenvalue weighted by Gasteiger charge is -2.06. The summed E-state index contributed by atoms with van der Waals surface area (Å²) in [6.07, 6.45) is 3.22. The second-order valence-corrected chi connectivity index (χ2v) is 3.54. The van der Waals surface area contributed by atoms with Crippen LogP contribution in [0.3, 0.4) is 0 Å². The molecule has 0 spiro atoms. The highest BCUT2D eigenvalue weighted by Crippen LogP contribution is 2.23. The van der Waals surface area contributed by atoms with Gasteiger partial charge < -0.3 is 0 Å². The van der Waals surface area contributed by atoms with Gasteiger partial charge in [-0.15, -0.1) is 0 Å². The highest BCUT2D eigenvalue weighted by molar-refractivity contribution is 6.31. The van der Waals surface area contributed by atoms with Crippen molar-refractivity contribution in [1.29, 1.82) is 0 Å². The molecule has 1 aromatic rings. The minimum Gasteiger partial charge on any atom is -0.0841 e. The molecule has 0 aliphatic heterocycles. The smallest absolute Gasteiger partial charge is 0.0435 e. The van der Waals surface area contributed by atoms with Crippen LogP contribution in [0.1, 0.15) is 31.4 Å². The minimum atomic E-state index is 0.843. The van der Waals surface area contributed by atoms with Gasteiger partial charge in [0.1, 0.15) is 0 Å². The zero-order valence-corrected chi connectivity index (χ0v) is 9.15. The van der Waals surface area contributed by atoms with E-state index < -0.39 is 0 Å². The molecule has 0 unspecified atom stereocenters. The van der Waals surface area contributed by atoms with Crippen LogP contribution in [0.5, 0.6) is 0 Å². The molecule has 0 nitrogen and oxygen atoms in total. The fraction of sp³-hybridized carbons (Fsp3) is 0.333. The van der Waals surface area contributed by atoms with E-state index in [0.29, 0.717) is 0 Å². The van der Waals surface area contributed by atoms with E-state index in [2.05, 4.69) is 32.1 Å². The normalized spacial score (nSPS) is 11.8. The van der Waals surface area contributed by atoms with Crippen LogP contribution in [0.2, 0.25) is 5.02 Å². The molecule has 0 aromatic heterocycles. The second kappa shape index (κ2) is 4.48. The Morgan fingerprint density at radius 3 is 2.62 bits per heavy atom. The van der Waals surface area contributed by atoms with Crippen molar-refractivity contribution in [3.8, 4) is 0 Å². The Morgan fingerprint density at radius 2 is 2.15 bits per heavy atom. The van der Waals surface area contributed by atoms with Crippen LogP contribution in [0.4, 0.5) is 0 Å². The molecule has 0 fully saturated rings. The lowest BCUT2D eigenvalue weighted by atomic mass is 10.0. The first-order chi connectivity index (χ1) is 6.19. The van der Waals surface area contributed by atoms with E-state index in [1.54, 1.807) is 0 Å². The van der Waals surface area contributed by atoms with Crippen molar-refractivity contribution in [3.05, 3.63) is 40.4 Å². The van der Waals surface area contributed by atoms with Gasteiger partial charge in [-0.05, 0) is 43.0 Å². The lowest BCUT2D eigenvalue weighted by Crippen LogP contribution is -1.84. The predicted molar refractivity (Wildman–Crippen MR) is 60.1 cm³/mol. The molecular formula is C12H15Cl. The monoisotopic (exact) mass is 194 g/mol. The van der Waals surface area contributed by atoms with Crippen molar-refractivity contribution >= 4 is 17.2 Å². The maximum absolute atomic E-state index is 5.95. The molecule has 13 heavy (non-hydrogen) atoms. The van der Waals surface area contributed by atoms with Gasteiger partial charge in [-0.1, -0.05) is 36.7 Å². The van der Waals surface area contributed by atoms with Crippen LogP contribution in [-0.4, -0.2) is 0 Å². The Kier molecular flexibility index (Phi) is 3.56. The molecule has 0 saturated heterocycles. The molecule has 0 N–H and O–H groups in total. The molecule has 1 heteroatoms. The maximum atomic E-state index is 5.95. The van der Waals surface area contributed by atoms with E-state index in [-0.39, 0.29) is 0 Å². The van der Waals surface area contributed by atoms with Gasteiger partial charge in [-0.3, -0.25) is 0 Å². The van der Waals surface area contributed by atoms with E-state index in [1.807, 2.05) is 13.0 Å². The van der Waals surface area contributed by atoms with Crippen LogP contribution in [0.15, 0.2) is 24.3 Å². The van der Waals surface area contributed by atoms with E-state index in [9.17, 15) is 0 Å². The van der Waals surface area contributed by atoms with Crippen LogP contribution in [-0.2, 0) is 0 Å². The van der Waals surface area contributed by atoms with Crippen molar-refractivity contribution in [2.75, 3.05) is 0 Å². The Labute approximate surface area is 85.2 Å². The number of aryl methyl sites for hydroxylation is 1. The fourth-order valence-corrected chi connectivity index (χ4v) is 1.54. The summed E-state index contributed by atoms with van der Waals surface area (Å²) >= 11 is 5.95. The van der Waals surface area contributed by atoms with Gasteiger partial charge in [0.05, 0.1) is 0 Å². The number of hydrogen-bond acceptors (Lipinski definition) is 0. The first-order valence-corrected chi connectivity index (χ1v) is 4.98. The van der Waals surface area contributed by atoms with E-state index in [4.69, 9.17) is 11.6 Å². The van der Waals surface area contributed by atoms with E-state index in [0.717, 1.165) is 17.0 Å².